The van der Waals surface area contributed by atoms with Gasteiger partial charge in [-0.05, 0) is 51.1 Å². The minimum atomic E-state index is 0.403. The second kappa shape index (κ2) is 11.5. The summed E-state index contributed by atoms with van der Waals surface area (Å²) in [7, 11) is 1.66. The van der Waals surface area contributed by atoms with Gasteiger partial charge >= 0.3 is 0 Å². The van der Waals surface area contributed by atoms with Gasteiger partial charge in [-0.25, -0.2) is 0 Å². The minimum absolute atomic E-state index is 0.403. The molecule has 0 N–H and O–H groups in total. The highest BCUT2D eigenvalue weighted by Crippen LogP contribution is 2.38. The monoisotopic (exact) mass is 438 g/mol. The lowest BCUT2D eigenvalue weighted by atomic mass is 10.1. The van der Waals surface area contributed by atoms with Crippen LogP contribution >= 0.6 is 11.3 Å². The predicted molar refractivity (Wildman–Crippen MR) is 126 cm³/mol. The minimum Gasteiger partial charge on any atom is -0.495 e. The molecule has 0 saturated heterocycles. The quantitative estimate of drug-likeness (QED) is 0.444. The Balaban J connectivity index is 2.35. The molecule has 1 heterocycles. The standard InChI is InChI=1S/C23H30N6OS/c1-7-28(8-2)10-11-29(9-3)20-12-16(4)19(13-21(20)30-6)26-27-23-18(14-24)17(5)22(15-25)31-23/h12-13H,7-11H2,1-6H3/b27-26+. The number of hydrogen-bond donors (Lipinski definition) is 0. The molecule has 1 aromatic carbocycles. The number of hydrogen-bond acceptors (Lipinski definition) is 8. The average Bonchev–Trinajstić information content (AvgIpc) is 3.10. The first-order chi connectivity index (χ1) is 14.9. The maximum Gasteiger partial charge on any atom is 0.158 e. The highest BCUT2D eigenvalue weighted by Gasteiger charge is 2.17. The van der Waals surface area contributed by atoms with Crippen LogP contribution in [0.1, 0.15) is 42.3 Å². The van der Waals surface area contributed by atoms with Gasteiger partial charge in [-0.3, -0.25) is 0 Å². The van der Waals surface area contributed by atoms with Crippen LogP contribution in [0, 0.1) is 36.5 Å². The molecule has 1 aromatic heterocycles. The van der Waals surface area contributed by atoms with Crippen LogP contribution in [0.3, 0.4) is 0 Å². The first-order valence-corrected chi connectivity index (χ1v) is 11.3. The van der Waals surface area contributed by atoms with E-state index in [0.717, 1.165) is 49.7 Å². The molecular weight excluding hydrogens is 408 g/mol. The van der Waals surface area contributed by atoms with Crippen LogP contribution in [-0.2, 0) is 0 Å². The molecule has 0 amide bonds. The van der Waals surface area contributed by atoms with Crippen LogP contribution in [0.25, 0.3) is 0 Å². The third kappa shape index (κ3) is 5.61. The second-order valence-corrected chi connectivity index (χ2v) is 8.08. The van der Waals surface area contributed by atoms with E-state index >= 15 is 0 Å². The molecule has 0 aliphatic carbocycles. The Labute approximate surface area is 189 Å². The molecule has 2 aromatic rings. The van der Waals surface area contributed by atoms with Gasteiger partial charge in [0, 0.05) is 25.7 Å². The molecule has 0 fully saturated rings. The number of nitriles is 2. The van der Waals surface area contributed by atoms with Gasteiger partial charge < -0.3 is 14.5 Å². The third-order valence-electron chi connectivity index (χ3n) is 5.39. The van der Waals surface area contributed by atoms with E-state index in [1.54, 1.807) is 14.0 Å². The zero-order chi connectivity index (χ0) is 23.0. The zero-order valence-electron chi connectivity index (χ0n) is 19.2. The first kappa shape index (κ1) is 24.3. The molecule has 0 bridgehead atoms. The number of azo groups is 1. The van der Waals surface area contributed by atoms with Crippen molar-refractivity contribution in [3.05, 3.63) is 33.7 Å². The van der Waals surface area contributed by atoms with Crippen LogP contribution in [0.15, 0.2) is 22.4 Å². The SMILES string of the molecule is CCN(CC)CCN(CC)c1cc(C)c(/N=N/c2sc(C#N)c(C)c2C#N)cc1OC. The Hall–Kier alpha value is -2.94. The molecule has 0 aliphatic heterocycles. The number of likely N-dealkylation sites (N-methyl/N-ethyl adjacent to an activating group) is 2. The van der Waals surface area contributed by atoms with Gasteiger partial charge in [0.25, 0.3) is 0 Å². The van der Waals surface area contributed by atoms with E-state index in [4.69, 9.17) is 4.74 Å². The predicted octanol–water partition coefficient (Wildman–Crippen LogP) is 5.70. The van der Waals surface area contributed by atoms with Crippen molar-refractivity contribution in [3.63, 3.8) is 0 Å². The topological polar surface area (TPSA) is 88.0 Å². The fraction of sp³-hybridized carbons (Fsp3) is 0.478. The second-order valence-electron chi connectivity index (χ2n) is 7.08. The molecular formula is C23H30N6OS. The number of ether oxygens (including phenoxy) is 1. The number of nitrogens with zero attached hydrogens (tertiary/aromatic N) is 6. The lowest BCUT2D eigenvalue weighted by Crippen LogP contribution is -2.35. The normalized spacial score (nSPS) is 11.0. The lowest BCUT2D eigenvalue weighted by Gasteiger charge is -2.28. The number of aryl methyl sites for hydroxylation is 1. The Morgan fingerprint density at radius 2 is 1.71 bits per heavy atom. The van der Waals surface area contributed by atoms with Crippen molar-refractivity contribution in [1.29, 1.82) is 10.5 Å². The largest absolute Gasteiger partial charge is 0.495 e. The van der Waals surface area contributed by atoms with Gasteiger partial charge in [-0.2, -0.15) is 10.5 Å². The number of benzene rings is 1. The van der Waals surface area contributed by atoms with Crippen LogP contribution in [0.2, 0.25) is 0 Å². The van der Waals surface area contributed by atoms with Crippen molar-refractivity contribution in [3.8, 4) is 17.9 Å². The summed E-state index contributed by atoms with van der Waals surface area (Å²) in [5.41, 5.74) is 3.73. The molecule has 0 atom stereocenters. The first-order valence-electron chi connectivity index (χ1n) is 10.4. The number of anilines is 1. The van der Waals surface area contributed by atoms with Crippen molar-refractivity contribution in [1.82, 2.24) is 4.90 Å². The smallest absolute Gasteiger partial charge is 0.158 e. The van der Waals surface area contributed by atoms with E-state index < -0.39 is 0 Å². The maximum absolute atomic E-state index is 9.41. The van der Waals surface area contributed by atoms with Crippen LogP contribution in [0.5, 0.6) is 5.75 Å². The van der Waals surface area contributed by atoms with E-state index in [-0.39, 0.29) is 0 Å². The number of methoxy groups -OCH3 is 1. The Morgan fingerprint density at radius 1 is 1.00 bits per heavy atom. The highest BCUT2D eigenvalue weighted by atomic mass is 32.1. The van der Waals surface area contributed by atoms with E-state index in [1.165, 1.54) is 11.3 Å². The van der Waals surface area contributed by atoms with Gasteiger partial charge in [0.15, 0.2) is 5.00 Å². The molecule has 0 radical (unpaired) electrons. The summed E-state index contributed by atoms with van der Waals surface area (Å²) in [6.45, 7) is 15.1. The van der Waals surface area contributed by atoms with Crippen LogP contribution in [-0.4, -0.2) is 44.7 Å². The molecule has 8 heteroatoms. The Bertz CT molecular complexity index is 1010. The van der Waals surface area contributed by atoms with Crippen molar-refractivity contribution in [2.24, 2.45) is 10.2 Å². The third-order valence-corrected chi connectivity index (χ3v) is 6.47. The maximum atomic E-state index is 9.41. The zero-order valence-corrected chi connectivity index (χ0v) is 20.0. The summed E-state index contributed by atoms with van der Waals surface area (Å²) in [4.78, 5) is 5.19. The Morgan fingerprint density at radius 3 is 2.26 bits per heavy atom. The van der Waals surface area contributed by atoms with E-state index in [0.29, 0.717) is 26.7 Å². The molecule has 0 unspecified atom stereocenters. The fourth-order valence-electron chi connectivity index (χ4n) is 3.34. The van der Waals surface area contributed by atoms with E-state index in [9.17, 15) is 10.5 Å². The van der Waals surface area contributed by atoms with Gasteiger partial charge in [0.05, 0.1) is 24.0 Å². The number of rotatable bonds is 10. The summed E-state index contributed by atoms with van der Waals surface area (Å²) in [5.74, 6) is 0.738. The van der Waals surface area contributed by atoms with Crippen molar-refractivity contribution >= 4 is 27.7 Å². The lowest BCUT2D eigenvalue weighted by molar-refractivity contribution is 0.309. The summed E-state index contributed by atoms with van der Waals surface area (Å²) in [5, 5.41) is 27.7. The molecule has 164 valence electrons. The molecule has 2 rings (SSSR count). The van der Waals surface area contributed by atoms with Crippen molar-refractivity contribution in [2.45, 2.75) is 34.6 Å². The van der Waals surface area contributed by atoms with Gasteiger partial charge in [0.2, 0.25) is 0 Å². The van der Waals surface area contributed by atoms with Gasteiger partial charge in [0.1, 0.15) is 22.8 Å². The molecule has 31 heavy (non-hydrogen) atoms. The molecule has 0 spiro atoms. The molecule has 7 nitrogen and oxygen atoms in total. The average molecular weight is 439 g/mol. The van der Waals surface area contributed by atoms with Crippen LogP contribution in [0.4, 0.5) is 16.4 Å². The fourth-order valence-corrected chi connectivity index (χ4v) is 4.21. The summed E-state index contributed by atoms with van der Waals surface area (Å²) in [6.07, 6.45) is 0. The van der Waals surface area contributed by atoms with Crippen LogP contribution < -0.4 is 9.64 Å². The molecule has 0 aliphatic rings. The summed E-state index contributed by atoms with van der Waals surface area (Å²) >= 11 is 1.18. The molecule has 0 saturated carbocycles. The van der Waals surface area contributed by atoms with Crippen molar-refractivity contribution < 1.29 is 4.74 Å². The summed E-state index contributed by atoms with van der Waals surface area (Å²) < 4.78 is 5.67. The van der Waals surface area contributed by atoms with Gasteiger partial charge in [-0.1, -0.05) is 13.8 Å². The van der Waals surface area contributed by atoms with E-state index in [1.807, 2.05) is 13.0 Å². The van der Waals surface area contributed by atoms with Crippen molar-refractivity contribution in [2.75, 3.05) is 44.7 Å². The summed E-state index contributed by atoms with van der Waals surface area (Å²) in [6, 6.07) is 8.19. The van der Waals surface area contributed by atoms with Gasteiger partial charge in [-0.15, -0.1) is 21.6 Å². The Kier molecular flexibility index (Phi) is 8.99. The number of thiophene rings is 1. The van der Waals surface area contributed by atoms with E-state index in [2.05, 4.69) is 59.0 Å². The highest BCUT2D eigenvalue weighted by molar-refractivity contribution is 7.16.